The van der Waals surface area contributed by atoms with E-state index in [0.29, 0.717) is 26.6 Å². The van der Waals surface area contributed by atoms with Crippen LogP contribution in [0, 0.1) is 5.41 Å². The van der Waals surface area contributed by atoms with Crippen molar-refractivity contribution in [2.45, 2.75) is 32.1 Å². The van der Waals surface area contributed by atoms with Crippen LogP contribution in [0.1, 0.15) is 32.1 Å². The van der Waals surface area contributed by atoms with Crippen molar-refractivity contribution in [2.24, 2.45) is 5.41 Å². The smallest absolute Gasteiger partial charge is 0.202 e. The second-order valence-corrected chi connectivity index (χ2v) is 8.23. The van der Waals surface area contributed by atoms with E-state index in [2.05, 4.69) is 20.1 Å². The van der Waals surface area contributed by atoms with Crippen LogP contribution in [-0.4, -0.2) is 33.3 Å². The quantitative estimate of drug-likeness (QED) is 0.664. The largest absolute Gasteiger partial charge is 0.355 e. The topological polar surface area (TPSA) is 57.7 Å². The number of fused-ring (bicyclic) bond motifs is 1. The molecule has 0 atom stereocenters. The molecule has 2 aliphatic rings. The fourth-order valence-electron chi connectivity index (χ4n) is 4.21. The van der Waals surface area contributed by atoms with Gasteiger partial charge >= 0.3 is 0 Å². The molecule has 134 valence electrons. The standard InChI is InChI=1S/C19H19Cl2N5/c20-13-4-1-3-12(15(13)21)16-17-18(25-24-16)23-14(11-22-17)26-9-7-19(8-10-26)5-2-6-19/h1,3-4,11H,2,5-10H2,(H,23,24,25). The predicted octanol–water partition coefficient (Wildman–Crippen LogP) is 5.10. The highest BCUT2D eigenvalue weighted by Gasteiger charge is 2.39. The van der Waals surface area contributed by atoms with E-state index in [1.165, 1.54) is 32.1 Å². The first-order chi connectivity index (χ1) is 12.7. The van der Waals surface area contributed by atoms with Crippen molar-refractivity contribution < 1.29 is 0 Å². The van der Waals surface area contributed by atoms with E-state index in [1.54, 1.807) is 6.07 Å². The minimum atomic E-state index is 0.493. The Morgan fingerprint density at radius 1 is 1.08 bits per heavy atom. The van der Waals surface area contributed by atoms with Crippen LogP contribution in [-0.2, 0) is 0 Å². The van der Waals surface area contributed by atoms with Gasteiger partial charge < -0.3 is 4.90 Å². The van der Waals surface area contributed by atoms with Crippen LogP contribution in [0.3, 0.4) is 0 Å². The molecular weight excluding hydrogens is 369 g/mol. The number of nitrogens with zero attached hydrogens (tertiary/aromatic N) is 4. The molecule has 0 unspecified atom stereocenters. The lowest BCUT2D eigenvalue weighted by molar-refractivity contribution is 0.0953. The summed E-state index contributed by atoms with van der Waals surface area (Å²) in [5.41, 5.74) is 3.48. The SMILES string of the molecule is Clc1cccc(-c2[nH]nc3nc(N4CCC5(CCC5)CC4)cnc23)c1Cl. The molecule has 0 amide bonds. The Kier molecular flexibility index (Phi) is 3.83. The number of nitrogens with one attached hydrogen (secondary N) is 1. The first-order valence-electron chi connectivity index (χ1n) is 9.06. The zero-order chi connectivity index (χ0) is 17.7. The Morgan fingerprint density at radius 3 is 2.62 bits per heavy atom. The molecule has 3 heterocycles. The number of benzene rings is 1. The number of hydrogen-bond acceptors (Lipinski definition) is 4. The second-order valence-electron chi connectivity index (χ2n) is 7.44. The molecule has 2 aromatic heterocycles. The normalized spacial score (nSPS) is 19.1. The molecule has 1 saturated carbocycles. The number of hydrogen-bond donors (Lipinski definition) is 1. The van der Waals surface area contributed by atoms with Crippen molar-refractivity contribution >= 4 is 40.2 Å². The number of rotatable bonds is 2. The molecule has 1 aliphatic carbocycles. The van der Waals surface area contributed by atoms with Crippen LogP contribution >= 0.6 is 23.2 Å². The van der Waals surface area contributed by atoms with E-state index in [4.69, 9.17) is 28.2 Å². The number of aromatic nitrogens is 4. The minimum Gasteiger partial charge on any atom is -0.355 e. The molecule has 1 spiro atoms. The first-order valence-corrected chi connectivity index (χ1v) is 9.81. The first kappa shape index (κ1) is 16.3. The number of piperidine rings is 1. The number of aromatic amines is 1. The van der Waals surface area contributed by atoms with Crippen molar-refractivity contribution in [3.8, 4) is 11.3 Å². The van der Waals surface area contributed by atoms with Crippen molar-refractivity contribution in [1.29, 1.82) is 0 Å². The fourth-order valence-corrected chi connectivity index (χ4v) is 4.61. The molecule has 0 radical (unpaired) electrons. The average molecular weight is 388 g/mol. The van der Waals surface area contributed by atoms with Crippen LogP contribution in [0.5, 0.6) is 0 Å². The summed E-state index contributed by atoms with van der Waals surface area (Å²) in [5.74, 6) is 0.905. The van der Waals surface area contributed by atoms with Crippen LogP contribution in [0.2, 0.25) is 10.0 Å². The summed E-state index contributed by atoms with van der Waals surface area (Å²) in [5, 5.41) is 8.38. The minimum absolute atomic E-state index is 0.493. The van der Waals surface area contributed by atoms with E-state index in [9.17, 15) is 0 Å². The Hall–Kier alpha value is -1.85. The molecule has 1 saturated heterocycles. The van der Waals surface area contributed by atoms with E-state index >= 15 is 0 Å². The van der Waals surface area contributed by atoms with Gasteiger partial charge in [-0.1, -0.05) is 41.8 Å². The van der Waals surface area contributed by atoms with Crippen molar-refractivity contribution in [3.05, 3.63) is 34.4 Å². The van der Waals surface area contributed by atoms with Crippen LogP contribution < -0.4 is 4.90 Å². The summed E-state index contributed by atoms with van der Waals surface area (Å²) in [4.78, 5) is 11.7. The Labute approximate surface area is 161 Å². The van der Waals surface area contributed by atoms with E-state index < -0.39 is 0 Å². The second kappa shape index (κ2) is 6.10. The van der Waals surface area contributed by atoms with Gasteiger partial charge in [0.2, 0.25) is 5.65 Å². The molecule has 7 heteroatoms. The number of H-pyrrole nitrogens is 1. The van der Waals surface area contributed by atoms with Gasteiger partial charge in [0.05, 0.1) is 21.9 Å². The van der Waals surface area contributed by atoms with Gasteiger partial charge in [-0.15, -0.1) is 0 Å². The van der Waals surface area contributed by atoms with E-state index in [0.717, 1.165) is 30.2 Å². The Bertz CT molecular complexity index is 969. The predicted molar refractivity (Wildman–Crippen MR) is 105 cm³/mol. The number of anilines is 1. The van der Waals surface area contributed by atoms with Crippen molar-refractivity contribution in [1.82, 2.24) is 20.2 Å². The molecule has 5 rings (SSSR count). The summed E-state index contributed by atoms with van der Waals surface area (Å²) in [6, 6.07) is 5.53. The molecule has 3 aromatic rings. The third-order valence-electron chi connectivity index (χ3n) is 6.04. The summed E-state index contributed by atoms with van der Waals surface area (Å²) in [6.45, 7) is 2.11. The van der Waals surface area contributed by atoms with Crippen molar-refractivity contribution in [2.75, 3.05) is 18.0 Å². The molecule has 0 bridgehead atoms. The third-order valence-corrected chi connectivity index (χ3v) is 6.85. The van der Waals surface area contributed by atoms with Gasteiger partial charge in [0.25, 0.3) is 0 Å². The Morgan fingerprint density at radius 2 is 1.88 bits per heavy atom. The molecular formula is C19H19Cl2N5. The lowest BCUT2D eigenvalue weighted by Gasteiger charge is -2.48. The van der Waals surface area contributed by atoms with Crippen LogP contribution in [0.25, 0.3) is 22.4 Å². The van der Waals surface area contributed by atoms with Gasteiger partial charge in [0.15, 0.2) is 0 Å². The summed E-state index contributed by atoms with van der Waals surface area (Å²) in [7, 11) is 0. The average Bonchev–Trinajstić information content (AvgIpc) is 3.06. The van der Waals surface area contributed by atoms with Gasteiger partial charge in [-0.3, -0.25) is 5.10 Å². The highest BCUT2D eigenvalue weighted by molar-refractivity contribution is 6.43. The maximum atomic E-state index is 6.35. The molecule has 5 nitrogen and oxygen atoms in total. The summed E-state index contributed by atoms with van der Waals surface area (Å²) in [6.07, 6.45) is 8.56. The van der Waals surface area contributed by atoms with Gasteiger partial charge in [-0.05, 0) is 37.2 Å². The van der Waals surface area contributed by atoms with Crippen LogP contribution in [0.15, 0.2) is 24.4 Å². The molecule has 1 aliphatic heterocycles. The zero-order valence-electron chi connectivity index (χ0n) is 14.3. The molecule has 26 heavy (non-hydrogen) atoms. The lowest BCUT2D eigenvalue weighted by Crippen LogP contribution is -2.43. The maximum Gasteiger partial charge on any atom is 0.202 e. The number of halogens is 2. The summed E-state index contributed by atoms with van der Waals surface area (Å²) < 4.78 is 0. The third kappa shape index (κ3) is 2.57. The zero-order valence-corrected chi connectivity index (χ0v) is 15.8. The Balaban J connectivity index is 1.45. The van der Waals surface area contributed by atoms with Gasteiger partial charge in [0, 0.05) is 18.7 Å². The maximum absolute atomic E-state index is 6.35. The highest BCUT2D eigenvalue weighted by Crippen LogP contribution is 2.49. The summed E-state index contributed by atoms with van der Waals surface area (Å²) >= 11 is 12.5. The lowest BCUT2D eigenvalue weighted by atomic mass is 9.63. The van der Waals surface area contributed by atoms with E-state index in [-0.39, 0.29) is 0 Å². The molecule has 1 aromatic carbocycles. The highest BCUT2D eigenvalue weighted by atomic mass is 35.5. The molecule has 2 fully saturated rings. The van der Waals surface area contributed by atoms with Crippen molar-refractivity contribution in [3.63, 3.8) is 0 Å². The molecule has 1 N–H and O–H groups in total. The van der Waals surface area contributed by atoms with Gasteiger partial charge in [-0.25, -0.2) is 9.97 Å². The van der Waals surface area contributed by atoms with Gasteiger partial charge in [-0.2, -0.15) is 5.10 Å². The van der Waals surface area contributed by atoms with Crippen LogP contribution in [0.4, 0.5) is 5.82 Å². The monoisotopic (exact) mass is 387 g/mol. The van der Waals surface area contributed by atoms with E-state index in [1.807, 2.05) is 18.3 Å². The van der Waals surface area contributed by atoms with Gasteiger partial charge in [0.1, 0.15) is 11.3 Å². The fraction of sp³-hybridized carbons (Fsp3) is 0.421.